The van der Waals surface area contributed by atoms with Crippen LogP contribution in [0.15, 0.2) is 23.2 Å². The van der Waals surface area contributed by atoms with Crippen molar-refractivity contribution >= 4 is 11.7 Å². The first-order valence-electron chi connectivity index (χ1n) is 7.58. The second-order valence-corrected chi connectivity index (χ2v) is 6.07. The first-order valence-corrected chi connectivity index (χ1v) is 7.58. The smallest absolute Gasteiger partial charge is 0.283 e. The van der Waals surface area contributed by atoms with Gasteiger partial charge in [0.2, 0.25) is 0 Å². The van der Waals surface area contributed by atoms with Crippen LogP contribution in [-0.2, 0) is 15.0 Å². The number of nitro groups is 1. The normalized spacial score (nSPS) is 34.2. The predicted octanol–water partition coefficient (Wildman–Crippen LogP) is 1.99. The van der Waals surface area contributed by atoms with Crippen LogP contribution in [0.5, 0.6) is 0 Å². The molecule has 136 valence electrons. The quantitative estimate of drug-likeness (QED) is 0.655. The molecule has 0 spiro atoms. The van der Waals surface area contributed by atoms with Crippen molar-refractivity contribution in [3.63, 3.8) is 0 Å². The fraction of sp³-hybridized carbons (Fsp3) is 0.533. The van der Waals surface area contributed by atoms with E-state index in [1.54, 1.807) is 6.92 Å². The molecule has 2 heterocycles. The van der Waals surface area contributed by atoms with Gasteiger partial charge in [-0.15, -0.1) is 0 Å². The molecule has 0 radical (unpaired) electrons. The molecule has 2 N–H and O–H groups in total. The number of nitro benzene ring substituents is 1. The lowest BCUT2D eigenvalue weighted by Gasteiger charge is -2.41. The fourth-order valence-corrected chi connectivity index (χ4v) is 3.65. The molecule has 3 rings (SSSR count). The van der Waals surface area contributed by atoms with Crippen molar-refractivity contribution in [1.82, 2.24) is 0 Å². The van der Waals surface area contributed by atoms with Gasteiger partial charge in [0.1, 0.15) is 30.8 Å². The Balaban J connectivity index is 2.23. The van der Waals surface area contributed by atoms with Crippen molar-refractivity contribution in [3.05, 3.63) is 39.7 Å². The number of ether oxygens (including phenoxy) is 2. The number of hydrogen-bond donors (Lipinski definition) is 1. The summed E-state index contributed by atoms with van der Waals surface area (Å²) in [6, 6.07) is 2.30. The fourth-order valence-electron chi connectivity index (χ4n) is 3.65. The highest BCUT2D eigenvalue weighted by Gasteiger charge is 2.60. The highest BCUT2D eigenvalue weighted by molar-refractivity contribution is 5.73. The first-order chi connectivity index (χ1) is 11.8. The van der Waals surface area contributed by atoms with Crippen molar-refractivity contribution < 1.29 is 27.6 Å². The maximum atomic E-state index is 14.5. The molecule has 1 aromatic carbocycles. The maximum Gasteiger partial charge on any atom is 0.283 e. The van der Waals surface area contributed by atoms with Crippen molar-refractivity contribution in [2.75, 3.05) is 13.3 Å². The number of rotatable bonds is 4. The van der Waals surface area contributed by atoms with Gasteiger partial charge >= 0.3 is 0 Å². The van der Waals surface area contributed by atoms with Crippen molar-refractivity contribution in [2.45, 2.75) is 30.8 Å². The highest BCUT2D eigenvalue weighted by atomic mass is 19.1. The molecule has 0 aromatic heterocycles. The summed E-state index contributed by atoms with van der Waals surface area (Å²) in [4.78, 5) is 14.2. The van der Waals surface area contributed by atoms with Gasteiger partial charge in [-0.3, -0.25) is 10.1 Å². The second kappa shape index (κ2) is 6.17. The zero-order chi connectivity index (χ0) is 18.4. The van der Waals surface area contributed by atoms with Crippen LogP contribution in [-0.4, -0.2) is 42.6 Å². The topological polar surface area (TPSA) is 100.0 Å². The number of amidine groups is 1. The van der Waals surface area contributed by atoms with Gasteiger partial charge < -0.3 is 15.2 Å². The lowest BCUT2D eigenvalue weighted by Crippen LogP contribution is -2.53. The molecule has 2 aliphatic heterocycles. The highest BCUT2D eigenvalue weighted by Crippen LogP contribution is 2.49. The van der Waals surface area contributed by atoms with Gasteiger partial charge in [0.25, 0.3) is 11.7 Å². The van der Waals surface area contributed by atoms with Gasteiger partial charge in [-0.1, -0.05) is 0 Å². The molecule has 2 aliphatic rings. The number of non-ortho nitro benzene ring substituents is 1. The summed E-state index contributed by atoms with van der Waals surface area (Å²) in [7, 11) is 0. The lowest BCUT2D eigenvalue weighted by atomic mass is 9.73. The largest absolute Gasteiger partial charge is 0.459 e. The molecule has 25 heavy (non-hydrogen) atoms. The van der Waals surface area contributed by atoms with E-state index in [1.807, 2.05) is 0 Å². The van der Waals surface area contributed by atoms with Gasteiger partial charge in [-0.2, -0.15) is 0 Å². The van der Waals surface area contributed by atoms with E-state index < -0.39 is 65.6 Å². The molecule has 0 bridgehead atoms. The van der Waals surface area contributed by atoms with Gasteiger partial charge in [-0.05, 0) is 13.0 Å². The minimum atomic E-state index is -1.97. The monoisotopic (exact) mass is 359 g/mol. The Labute approximate surface area is 140 Å². The summed E-state index contributed by atoms with van der Waals surface area (Å²) in [5.41, 5.74) is 2.85. The lowest BCUT2D eigenvalue weighted by molar-refractivity contribution is -0.385. The number of benzene rings is 1. The molecule has 0 amide bonds. The number of aliphatic imine (C=N–C) groups is 1. The van der Waals surface area contributed by atoms with Crippen LogP contribution in [0.2, 0.25) is 0 Å². The van der Waals surface area contributed by atoms with Crippen LogP contribution in [0.1, 0.15) is 12.5 Å². The Bertz CT molecular complexity index is 732. The average Bonchev–Trinajstić information content (AvgIpc) is 2.90. The number of nitrogens with two attached hydrogens (primary N) is 1. The van der Waals surface area contributed by atoms with E-state index in [4.69, 9.17) is 15.2 Å². The summed E-state index contributed by atoms with van der Waals surface area (Å²) in [5.74, 6) is -1.93. The van der Waals surface area contributed by atoms with Crippen molar-refractivity contribution in [1.29, 1.82) is 0 Å². The number of hydrogen-bond acceptors (Lipinski definition) is 6. The summed E-state index contributed by atoms with van der Waals surface area (Å²) >= 11 is 0. The van der Waals surface area contributed by atoms with Gasteiger partial charge in [0, 0.05) is 17.7 Å². The Hall–Kier alpha value is -2.36. The molecule has 1 aromatic rings. The third-order valence-electron chi connectivity index (χ3n) is 4.71. The number of alkyl halides is 2. The summed E-state index contributed by atoms with van der Waals surface area (Å²) in [6.07, 6.45) is -2.59. The Morgan fingerprint density at radius 1 is 1.44 bits per heavy atom. The molecule has 0 unspecified atom stereocenters. The summed E-state index contributed by atoms with van der Waals surface area (Å²) in [6.45, 7) is -0.621. The minimum absolute atomic E-state index is 0.374. The average molecular weight is 359 g/mol. The second-order valence-electron chi connectivity index (χ2n) is 6.07. The van der Waals surface area contributed by atoms with Crippen LogP contribution in [0.3, 0.4) is 0 Å². The SMILES string of the molecule is C[C@H]1O[C@@H](CF)[C@H]2[C@@H]1OC(N)=N[C@]2(CF)c1cc([N+](=O)[O-])ccc1F. The van der Waals surface area contributed by atoms with E-state index in [1.165, 1.54) is 0 Å². The third-order valence-corrected chi connectivity index (χ3v) is 4.71. The first kappa shape index (κ1) is 17.5. The predicted molar refractivity (Wildman–Crippen MR) is 81.0 cm³/mol. The van der Waals surface area contributed by atoms with Gasteiger partial charge in [0.05, 0.1) is 23.0 Å². The molecule has 0 aliphatic carbocycles. The molecule has 5 atom stereocenters. The number of halogens is 3. The molecule has 1 fully saturated rings. The van der Waals surface area contributed by atoms with E-state index in [2.05, 4.69) is 4.99 Å². The minimum Gasteiger partial charge on any atom is -0.459 e. The molecular formula is C15H16F3N3O4. The third kappa shape index (κ3) is 2.60. The molecular weight excluding hydrogens is 343 g/mol. The van der Waals surface area contributed by atoms with Gasteiger partial charge in [0.15, 0.2) is 0 Å². The van der Waals surface area contributed by atoms with Crippen LogP contribution in [0.25, 0.3) is 0 Å². The van der Waals surface area contributed by atoms with Crippen molar-refractivity contribution in [2.24, 2.45) is 16.6 Å². The Morgan fingerprint density at radius 3 is 2.76 bits per heavy atom. The van der Waals surface area contributed by atoms with Crippen molar-refractivity contribution in [3.8, 4) is 0 Å². The number of nitrogens with zero attached hydrogens (tertiary/aromatic N) is 2. The molecule has 0 saturated carbocycles. The van der Waals surface area contributed by atoms with Crippen LogP contribution >= 0.6 is 0 Å². The van der Waals surface area contributed by atoms with Crippen LogP contribution < -0.4 is 5.73 Å². The standard InChI is InChI=1S/C15H16F3N3O4/c1-7-13-12(11(5-16)24-7)15(6-17,20-14(19)25-13)9-4-8(21(22)23)2-3-10(9)18/h2-4,7,11-13H,5-6H2,1H3,(H2,19,20)/t7-,11+,12+,13-,15-/m1/s1. The van der Waals surface area contributed by atoms with Crippen LogP contribution in [0.4, 0.5) is 18.9 Å². The van der Waals surface area contributed by atoms with Crippen LogP contribution in [0, 0.1) is 21.8 Å². The maximum absolute atomic E-state index is 14.5. The summed E-state index contributed by atoms with van der Waals surface area (Å²) < 4.78 is 53.0. The molecule has 7 nitrogen and oxygen atoms in total. The Morgan fingerprint density at radius 2 is 2.16 bits per heavy atom. The van der Waals surface area contributed by atoms with E-state index in [9.17, 15) is 23.3 Å². The summed E-state index contributed by atoms with van der Waals surface area (Å²) in [5, 5.41) is 11.0. The molecule has 10 heteroatoms. The van der Waals surface area contributed by atoms with Gasteiger partial charge in [-0.25, -0.2) is 18.2 Å². The zero-order valence-electron chi connectivity index (χ0n) is 13.2. The van der Waals surface area contributed by atoms with E-state index in [-0.39, 0.29) is 5.56 Å². The van der Waals surface area contributed by atoms with E-state index in [0.717, 1.165) is 18.2 Å². The molecule has 1 saturated heterocycles. The van der Waals surface area contributed by atoms with E-state index >= 15 is 0 Å². The zero-order valence-corrected chi connectivity index (χ0v) is 13.2. The van der Waals surface area contributed by atoms with E-state index in [0.29, 0.717) is 0 Å². The Kier molecular flexibility index (Phi) is 4.31. The number of fused-ring (bicyclic) bond motifs is 1.